The maximum absolute atomic E-state index is 10.9. The van der Waals surface area contributed by atoms with Crippen molar-refractivity contribution < 1.29 is 9.53 Å². The molecule has 0 fully saturated rings. The van der Waals surface area contributed by atoms with Crippen molar-refractivity contribution in [1.29, 1.82) is 0 Å². The minimum atomic E-state index is -0.210. The Balaban J connectivity index is 2.32. The largest absolute Gasteiger partial charge is 0.469 e. The van der Waals surface area contributed by atoms with Crippen LogP contribution in [0.15, 0.2) is 6.33 Å². The molecule has 1 N–H and O–H groups in total. The molecule has 0 aliphatic heterocycles. The topological polar surface area (TPSA) is 69.0 Å². The van der Waals surface area contributed by atoms with E-state index in [0.717, 1.165) is 5.82 Å². The van der Waals surface area contributed by atoms with Gasteiger partial charge in [0.25, 0.3) is 0 Å². The Morgan fingerprint density at radius 1 is 1.62 bits per heavy atom. The molecule has 0 radical (unpaired) electrons. The molecule has 0 aromatic carbocycles. The summed E-state index contributed by atoms with van der Waals surface area (Å²) in [6.07, 6.45) is 1.91. The number of ether oxygens (including phenoxy) is 1. The van der Waals surface area contributed by atoms with Gasteiger partial charge in [0, 0.05) is 12.6 Å². The smallest absolute Gasteiger partial charge is 0.306 e. The van der Waals surface area contributed by atoms with Gasteiger partial charge in [-0.2, -0.15) is 5.10 Å². The number of nitrogens with one attached hydrogen (secondary N) is 1. The van der Waals surface area contributed by atoms with Crippen molar-refractivity contribution in [1.82, 2.24) is 20.1 Å². The van der Waals surface area contributed by atoms with E-state index < -0.39 is 0 Å². The zero-order valence-corrected chi connectivity index (χ0v) is 9.93. The summed E-state index contributed by atoms with van der Waals surface area (Å²) in [7, 11) is 1.39. The van der Waals surface area contributed by atoms with Crippen LogP contribution >= 0.6 is 0 Å². The van der Waals surface area contributed by atoms with Crippen molar-refractivity contribution in [3.63, 3.8) is 0 Å². The molecule has 6 heteroatoms. The number of methoxy groups -OCH3 is 1. The summed E-state index contributed by atoms with van der Waals surface area (Å²) in [5, 5.41) is 7.24. The van der Waals surface area contributed by atoms with E-state index in [4.69, 9.17) is 0 Å². The Kier molecular flexibility index (Phi) is 4.91. The van der Waals surface area contributed by atoms with E-state index in [2.05, 4.69) is 20.1 Å². The van der Waals surface area contributed by atoms with Crippen molar-refractivity contribution in [2.45, 2.75) is 32.9 Å². The number of carbonyl (C=O) groups is 1. The van der Waals surface area contributed by atoms with Gasteiger partial charge in [0.05, 0.1) is 20.1 Å². The molecule has 16 heavy (non-hydrogen) atoms. The van der Waals surface area contributed by atoms with Gasteiger partial charge in [-0.05, 0) is 13.8 Å². The molecule has 0 spiro atoms. The third-order valence-corrected chi connectivity index (χ3v) is 2.15. The molecule has 6 nitrogen and oxygen atoms in total. The molecule has 90 valence electrons. The molecular formula is C10H18N4O2. The van der Waals surface area contributed by atoms with Crippen LogP contribution in [0.5, 0.6) is 0 Å². The highest BCUT2D eigenvalue weighted by molar-refractivity contribution is 5.69. The highest BCUT2D eigenvalue weighted by atomic mass is 16.5. The van der Waals surface area contributed by atoms with E-state index in [1.54, 1.807) is 0 Å². The fourth-order valence-electron chi connectivity index (χ4n) is 1.32. The lowest BCUT2D eigenvalue weighted by molar-refractivity contribution is -0.140. The van der Waals surface area contributed by atoms with Crippen LogP contribution < -0.4 is 5.32 Å². The molecule has 0 saturated heterocycles. The van der Waals surface area contributed by atoms with Crippen LogP contribution in [0.25, 0.3) is 0 Å². The van der Waals surface area contributed by atoms with Crippen molar-refractivity contribution in [3.05, 3.63) is 12.2 Å². The number of nitrogens with zero attached hydrogens (tertiary/aromatic N) is 3. The zero-order valence-electron chi connectivity index (χ0n) is 9.93. The van der Waals surface area contributed by atoms with Gasteiger partial charge < -0.3 is 10.1 Å². The molecule has 0 unspecified atom stereocenters. The minimum absolute atomic E-state index is 0.210. The van der Waals surface area contributed by atoms with Gasteiger partial charge in [0.2, 0.25) is 0 Å². The Bertz CT molecular complexity index is 335. The van der Waals surface area contributed by atoms with Crippen LogP contribution in [0.2, 0.25) is 0 Å². The van der Waals surface area contributed by atoms with Gasteiger partial charge in [-0.1, -0.05) is 0 Å². The highest BCUT2D eigenvalue weighted by Gasteiger charge is 2.07. The number of esters is 1. The Labute approximate surface area is 95.0 Å². The molecule has 1 rings (SSSR count). The lowest BCUT2D eigenvalue weighted by atomic mass is 10.4. The van der Waals surface area contributed by atoms with Crippen LogP contribution in [-0.4, -0.2) is 34.4 Å². The first-order valence-electron chi connectivity index (χ1n) is 5.31. The van der Waals surface area contributed by atoms with Crippen molar-refractivity contribution >= 4 is 5.97 Å². The molecule has 0 aliphatic rings. The van der Waals surface area contributed by atoms with E-state index in [0.29, 0.717) is 25.6 Å². The second-order valence-corrected chi connectivity index (χ2v) is 3.72. The zero-order chi connectivity index (χ0) is 12.0. The number of hydrogen-bond donors (Lipinski definition) is 1. The maximum Gasteiger partial charge on any atom is 0.306 e. The predicted molar refractivity (Wildman–Crippen MR) is 58.7 cm³/mol. The van der Waals surface area contributed by atoms with Crippen LogP contribution in [-0.2, 0) is 16.1 Å². The molecule has 0 saturated carbocycles. The van der Waals surface area contributed by atoms with E-state index >= 15 is 0 Å². The van der Waals surface area contributed by atoms with E-state index in [-0.39, 0.29) is 5.97 Å². The summed E-state index contributed by atoms with van der Waals surface area (Å²) in [6, 6.07) is 0.292. The first-order chi connectivity index (χ1) is 7.65. The minimum Gasteiger partial charge on any atom is -0.469 e. The lowest BCUT2D eigenvalue weighted by Gasteiger charge is -2.09. The van der Waals surface area contributed by atoms with Crippen LogP contribution in [0.3, 0.4) is 0 Å². The highest BCUT2D eigenvalue weighted by Crippen LogP contribution is 2.04. The second-order valence-electron chi connectivity index (χ2n) is 3.72. The Hall–Kier alpha value is -1.43. The molecule has 0 bridgehead atoms. The average Bonchev–Trinajstić information content (AvgIpc) is 2.72. The van der Waals surface area contributed by atoms with E-state index in [1.165, 1.54) is 13.4 Å². The van der Waals surface area contributed by atoms with Gasteiger partial charge in [-0.15, -0.1) is 0 Å². The molecule has 0 atom stereocenters. The maximum atomic E-state index is 10.9. The summed E-state index contributed by atoms with van der Waals surface area (Å²) in [4.78, 5) is 15.0. The SMILES string of the molecule is COC(=O)CCNCc1ncnn1C(C)C. The fourth-order valence-corrected chi connectivity index (χ4v) is 1.32. The third kappa shape index (κ3) is 3.62. The first-order valence-corrected chi connectivity index (χ1v) is 5.31. The normalized spacial score (nSPS) is 10.8. The van der Waals surface area contributed by atoms with Crippen molar-refractivity contribution in [2.24, 2.45) is 0 Å². The summed E-state index contributed by atoms with van der Waals surface area (Å²) < 4.78 is 6.39. The molecular weight excluding hydrogens is 208 g/mol. The third-order valence-electron chi connectivity index (χ3n) is 2.15. The fraction of sp³-hybridized carbons (Fsp3) is 0.700. The standard InChI is InChI=1S/C10H18N4O2/c1-8(2)14-9(12-7-13-14)6-11-5-4-10(15)16-3/h7-8,11H,4-6H2,1-3H3. The average molecular weight is 226 g/mol. The van der Waals surface area contributed by atoms with E-state index in [1.807, 2.05) is 18.5 Å². The second kappa shape index (κ2) is 6.22. The molecule has 1 heterocycles. The van der Waals surface area contributed by atoms with Crippen LogP contribution in [0.4, 0.5) is 0 Å². The summed E-state index contributed by atoms with van der Waals surface area (Å²) >= 11 is 0. The van der Waals surface area contributed by atoms with Gasteiger partial charge in [-0.25, -0.2) is 9.67 Å². The van der Waals surface area contributed by atoms with E-state index in [9.17, 15) is 4.79 Å². The quantitative estimate of drug-likeness (QED) is 0.565. The van der Waals surface area contributed by atoms with Crippen molar-refractivity contribution in [2.75, 3.05) is 13.7 Å². The Morgan fingerprint density at radius 3 is 3.00 bits per heavy atom. The van der Waals surface area contributed by atoms with Crippen LogP contribution in [0, 0.1) is 0 Å². The van der Waals surface area contributed by atoms with Gasteiger partial charge in [0.1, 0.15) is 12.2 Å². The monoisotopic (exact) mass is 226 g/mol. The predicted octanol–water partition coefficient (Wildman–Crippen LogP) is 0.512. The Morgan fingerprint density at radius 2 is 2.38 bits per heavy atom. The number of rotatable bonds is 6. The molecule has 0 aliphatic carbocycles. The van der Waals surface area contributed by atoms with Gasteiger partial charge >= 0.3 is 5.97 Å². The van der Waals surface area contributed by atoms with Gasteiger partial charge in [-0.3, -0.25) is 4.79 Å². The summed E-state index contributed by atoms with van der Waals surface area (Å²) in [5.41, 5.74) is 0. The summed E-state index contributed by atoms with van der Waals surface area (Å²) in [5.74, 6) is 0.665. The number of aromatic nitrogens is 3. The molecule has 1 aromatic heterocycles. The number of carbonyl (C=O) groups excluding carboxylic acids is 1. The summed E-state index contributed by atoms with van der Waals surface area (Å²) in [6.45, 7) is 5.28. The molecule has 0 amide bonds. The van der Waals surface area contributed by atoms with Crippen LogP contribution in [0.1, 0.15) is 32.1 Å². The van der Waals surface area contributed by atoms with Crippen molar-refractivity contribution in [3.8, 4) is 0 Å². The van der Waals surface area contributed by atoms with Gasteiger partial charge in [0.15, 0.2) is 0 Å². The lowest BCUT2D eigenvalue weighted by Crippen LogP contribution is -2.21. The molecule has 1 aromatic rings. The number of hydrogen-bond acceptors (Lipinski definition) is 5. The first kappa shape index (κ1) is 12.6.